The zero-order chi connectivity index (χ0) is 11.5. The summed E-state index contributed by atoms with van der Waals surface area (Å²) in [4.78, 5) is 7.62. The molecule has 4 heteroatoms. The van der Waals surface area contributed by atoms with E-state index >= 15 is 0 Å². The van der Waals surface area contributed by atoms with Crippen LogP contribution in [0.5, 0.6) is 5.88 Å². The van der Waals surface area contributed by atoms with Gasteiger partial charge in [0.2, 0.25) is 5.88 Å². The molecule has 0 saturated carbocycles. The zero-order valence-corrected chi connectivity index (χ0v) is 9.92. The van der Waals surface area contributed by atoms with Gasteiger partial charge >= 0.3 is 0 Å². The molecule has 16 heavy (non-hydrogen) atoms. The fourth-order valence-electron chi connectivity index (χ4n) is 1.89. The molecule has 2 heterocycles. The third-order valence-corrected chi connectivity index (χ3v) is 2.77. The number of nitrogens with one attached hydrogen (secondary N) is 2. The van der Waals surface area contributed by atoms with Crippen LogP contribution < -0.4 is 10.1 Å². The standard InChI is InChI=1S/C12H17N3O/c1-8-12-10(6-11(15-8)16-3)9(7-14-12)4-5-13-2/h6-7,13-14H,4-5H2,1-3H3. The molecular formula is C12H17N3O. The summed E-state index contributed by atoms with van der Waals surface area (Å²) < 4.78 is 5.19. The van der Waals surface area contributed by atoms with E-state index in [4.69, 9.17) is 4.74 Å². The molecule has 0 atom stereocenters. The van der Waals surface area contributed by atoms with E-state index in [-0.39, 0.29) is 0 Å². The van der Waals surface area contributed by atoms with Crippen LogP contribution >= 0.6 is 0 Å². The van der Waals surface area contributed by atoms with Gasteiger partial charge in [-0.15, -0.1) is 0 Å². The molecule has 86 valence electrons. The molecule has 0 saturated heterocycles. The Balaban J connectivity index is 2.47. The molecule has 0 aromatic carbocycles. The highest BCUT2D eigenvalue weighted by Gasteiger charge is 2.08. The Bertz CT molecular complexity index is 490. The Morgan fingerprint density at radius 1 is 1.50 bits per heavy atom. The average Bonchev–Trinajstić information content (AvgIpc) is 2.70. The van der Waals surface area contributed by atoms with Crippen molar-refractivity contribution >= 4 is 10.9 Å². The highest BCUT2D eigenvalue weighted by molar-refractivity contribution is 5.85. The van der Waals surface area contributed by atoms with Crippen LogP contribution in [0.1, 0.15) is 11.3 Å². The van der Waals surface area contributed by atoms with E-state index in [1.165, 1.54) is 10.9 Å². The van der Waals surface area contributed by atoms with Gasteiger partial charge in [0.25, 0.3) is 0 Å². The van der Waals surface area contributed by atoms with E-state index in [0.717, 1.165) is 24.2 Å². The quantitative estimate of drug-likeness (QED) is 0.822. The Hall–Kier alpha value is -1.55. The van der Waals surface area contributed by atoms with Crippen LogP contribution in [0.4, 0.5) is 0 Å². The summed E-state index contributed by atoms with van der Waals surface area (Å²) in [7, 11) is 3.61. The van der Waals surface area contributed by atoms with Gasteiger partial charge in [-0.1, -0.05) is 0 Å². The number of methoxy groups -OCH3 is 1. The van der Waals surface area contributed by atoms with Crippen LogP contribution in [0.25, 0.3) is 10.9 Å². The number of fused-ring (bicyclic) bond motifs is 1. The number of nitrogens with zero attached hydrogens (tertiary/aromatic N) is 1. The molecule has 2 N–H and O–H groups in total. The van der Waals surface area contributed by atoms with Gasteiger partial charge in [0.05, 0.1) is 18.3 Å². The molecule has 0 radical (unpaired) electrons. The van der Waals surface area contributed by atoms with Crippen molar-refractivity contribution < 1.29 is 4.74 Å². The van der Waals surface area contributed by atoms with Gasteiger partial charge in [-0.2, -0.15) is 0 Å². The van der Waals surface area contributed by atoms with E-state index in [0.29, 0.717) is 5.88 Å². The Labute approximate surface area is 95.0 Å². The third kappa shape index (κ3) is 1.88. The molecule has 0 fully saturated rings. The van der Waals surface area contributed by atoms with Crippen LogP contribution in [0.15, 0.2) is 12.3 Å². The predicted molar refractivity (Wildman–Crippen MR) is 65.0 cm³/mol. The van der Waals surface area contributed by atoms with Crippen molar-refractivity contribution in [1.29, 1.82) is 0 Å². The maximum atomic E-state index is 5.19. The number of likely N-dealkylation sites (N-methyl/N-ethyl adjacent to an activating group) is 1. The molecule has 0 unspecified atom stereocenters. The summed E-state index contributed by atoms with van der Waals surface area (Å²) >= 11 is 0. The molecule has 0 aliphatic carbocycles. The van der Waals surface area contributed by atoms with Gasteiger partial charge in [0.15, 0.2) is 0 Å². The third-order valence-electron chi connectivity index (χ3n) is 2.77. The van der Waals surface area contributed by atoms with Crippen molar-refractivity contribution in [3.8, 4) is 5.88 Å². The van der Waals surface area contributed by atoms with Crippen LogP contribution in [-0.4, -0.2) is 30.7 Å². The molecule has 4 nitrogen and oxygen atoms in total. The number of pyridine rings is 1. The van der Waals surface area contributed by atoms with Crippen molar-refractivity contribution in [2.45, 2.75) is 13.3 Å². The minimum atomic E-state index is 0.676. The first-order chi connectivity index (χ1) is 7.76. The summed E-state index contributed by atoms with van der Waals surface area (Å²) in [6.45, 7) is 2.96. The van der Waals surface area contributed by atoms with Crippen LogP contribution in [0.2, 0.25) is 0 Å². The molecule has 2 aromatic rings. The fourth-order valence-corrected chi connectivity index (χ4v) is 1.89. The lowest BCUT2D eigenvalue weighted by Gasteiger charge is -2.03. The minimum Gasteiger partial charge on any atom is -0.481 e. The van der Waals surface area contributed by atoms with E-state index in [1.807, 2.05) is 20.0 Å². The average molecular weight is 219 g/mol. The zero-order valence-electron chi connectivity index (χ0n) is 9.92. The van der Waals surface area contributed by atoms with Crippen LogP contribution in [0, 0.1) is 6.92 Å². The lowest BCUT2D eigenvalue weighted by atomic mass is 10.1. The van der Waals surface area contributed by atoms with E-state index in [9.17, 15) is 0 Å². The number of hydrogen-bond donors (Lipinski definition) is 2. The molecule has 0 spiro atoms. The van der Waals surface area contributed by atoms with Gasteiger partial charge in [-0.25, -0.2) is 4.98 Å². The number of aryl methyl sites for hydroxylation is 1. The van der Waals surface area contributed by atoms with Crippen molar-refractivity contribution in [1.82, 2.24) is 15.3 Å². The summed E-state index contributed by atoms with van der Waals surface area (Å²) in [6, 6.07) is 1.99. The first-order valence-electron chi connectivity index (χ1n) is 5.42. The normalized spacial score (nSPS) is 10.9. The van der Waals surface area contributed by atoms with Gasteiger partial charge in [0.1, 0.15) is 0 Å². The topological polar surface area (TPSA) is 49.9 Å². The van der Waals surface area contributed by atoms with Crippen molar-refractivity contribution in [2.75, 3.05) is 20.7 Å². The Morgan fingerprint density at radius 3 is 3.00 bits per heavy atom. The van der Waals surface area contributed by atoms with Crippen molar-refractivity contribution in [2.24, 2.45) is 0 Å². The minimum absolute atomic E-state index is 0.676. The maximum Gasteiger partial charge on any atom is 0.213 e. The van der Waals surface area contributed by atoms with E-state index in [1.54, 1.807) is 7.11 Å². The van der Waals surface area contributed by atoms with Crippen molar-refractivity contribution in [3.63, 3.8) is 0 Å². The highest BCUT2D eigenvalue weighted by atomic mass is 16.5. The number of ether oxygens (including phenoxy) is 1. The van der Waals surface area contributed by atoms with E-state index < -0.39 is 0 Å². The maximum absolute atomic E-state index is 5.19. The molecule has 2 aromatic heterocycles. The van der Waals surface area contributed by atoms with Gasteiger partial charge in [0, 0.05) is 17.6 Å². The van der Waals surface area contributed by atoms with Crippen LogP contribution in [0.3, 0.4) is 0 Å². The fraction of sp³-hybridized carbons (Fsp3) is 0.417. The van der Waals surface area contributed by atoms with Gasteiger partial charge in [-0.05, 0) is 32.5 Å². The number of aromatic nitrogens is 2. The van der Waals surface area contributed by atoms with Gasteiger partial charge in [-0.3, -0.25) is 0 Å². The summed E-state index contributed by atoms with van der Waals surface area (Å²) in [5, 5.41) is 4.36. The number of hydrogen-bond acceptors (Lipinski definition) is 3. The first kappa shape index (κ1) is 11.0. The second-order valence-corrected chi connectivity index (χ2v) is 3.84. The van der Waals surface area contributed by atoms with Gasteiger partial charge < -0.3 is 15.0 Å². The lowest BCUT2D eigenvalue weighted by Crippen LogP contribution is -2.09. The molecule has 0 bridgehead atoms. The monoisotopic (exact) mass is 219 g/mol. The smallest absolute Gasteiger partial charge is 0.213 e. The SMILES string of the molecule is CNCCc1c[nH]c2c(C)nc(OC)cc12. The summed E-state index contributed by atoms with van der Waals surface area (Å²) in [5.41, 5.74) is 3.38. The number of rotatable bonds is 4. The Morgan fingerprint density at radius 2 is 2.31 bits per heavy atom. The molecule has 0 aliphatic heterocycles. The van der Waals surface area contributed by atoms with Crippen molar-refractivity contribution in [3.05, 3.63) is 23.5 Å². The predicted octanol–water partition coefficient (Wildman–Crippen LogP) is 1.64. The molecule has 0 aliphatic rings. The van der Waals surface area contributed by atoms with E-state index in [2.05, 4.69) is 21.5 Å². The summed E-state index contributed by atoms with van der Waals surface area (Å²) in [5.74, 6) is 0.676. The second kappa shape index (κ2) is 4.53. The second-order valence-electron chi connectivity index (χ2n) is 3.84. The van der Waals surface area contributed by atoms with Crippen LogP contribution in [-0.2, 0) is 6.42 Å². The first-order valence-corrected chi connectivity index (χ1v) is 5.42. The molecule has 0 amide bonds. The highest BCUT2D eigenvalue weighted by Crippen LogP contribution is 2.24. The lowest BCUT2D eigenvalue weighted by molar-refractivity contribution is 0.398. The molecular weight excluding hydrogens is 202 g/mol. The molecule has 2 rings (SSSR count). The number of H-pyrrole nitrogens is 1. The summed E-state index contributed by atoms with van der Waals surface area (Å²) in [6.07, 6.45) is 3.05. The number of aromatic amines is 1. The largest absolute Gasteiger partial charge is 0.481 e. The Kier molecular flexibility index (Phi) is 3.10.